The molecule has 3 heteroatoms. The van der Waals surface area contributed by atoms with Gasteiger partial charge in [-0.2, -0.15) is 0 Å². The Kier molecular flexibility index (Phi) is 6.76. The summed E-state index contributed by atoms with van der Waals surface area (Å²) in [5.41, 5.74) is 9.37. The highest BCUT2D eigenvalue weighted by atomic mass is 32.1. The molecule has 248 valence electrons. The minimum absolute atomic E-state index is 1.12. The molecule has 2 nitrogen and oxygen atoms in total. The van der Waals surface area contributed by atoms with Gasteiger partial charge in [-0.15, -0.1) is 11.3 Å². The van der Waals surface area contributed by atoms with Crippen molar-refractivity contribution in [1.82, 2.24) is 4.57 Å². The first-order valence-corrected chi connectivity index (χ1v) is 18.9. The molecule has 53 heavy (non-hydrogen) atoms. The highest BCUT2D eigenvalue weighted by molar-refractivity contribution is 7.26. The molecule has 2 heterocycles. The van der Waals surface area contributed by atoms with Crippen molar-refractivity contribution in [3.63, 3.8) is 0 Å². The predicted octanol–water partition coefficient (Wildman–Crippen LogP) is 14.6. The van der Waals surface area contributed by atoms with Gasteiger partial charge in [0.1, 0.15) is 0 Å². The van der Waals surface area contributed by atoms with E-state index in [-0.39, 0.29) is 0 Å². The number of aromatic nitrogens is 1. The first-order chi connectivity index (χ1) is 26.3. The second-order valence-electron chi connectivity index (χ2n) is 13.7. The van der Waals surface area contributed by atoms with Gasteiger partial charge in [0.25, 0.3) is 0 Å². The average molecular weight is 693 g/mol. The Labute approximate surface area is 311 Å². The van der Waals surface area contributed by atoms with Crippen LogP contribution in [0.4, 0.5) is 17.1 Å². The third-order valence-electron chi connectivity index (χ3n) is 10.7. The number of rotatable bonds is 5. The van der Waals surface area contributed by atoms with E-state index in [9.17, 15) is 0 Å². The Hall–Kier alpha value is -6.68. The summed E-state index contributed by atoms with van der Waals surface area (Å²) in [5.74, 6) is 0. The molecule has 0 aliphatic heterocycles. The average Bonchev–Trinajstić information content (AvgIpc) is 3.79. The van der Waals surface area contributed by atoms with Crippen LogP contribution in [-0.2, 0) is 0 Å². The largest absolute Gasteiger partial charge is 0.309 e. The number of nitrogens with zero attached hydrogens (tertiary/aromatic N) is 2. The zero-order valence-electron chi connectivity index (χ0n) is 28.8. The van der Waals surface area contributed by atoms with Crippen molar-refractivity contribution in [2.45, 2.75) is 0 Å². The molecule has 0 bridgehead atoms. The van der Waals surface area contributed by atoms with E-state index in [4.69, 9.17) is 0 Å². The highest BCUT2D eigenvalue weighted by Gasteiger charge is 2.25. The monoisotopic (exact) mass is 692 g/mol. The maximum Gasteiger partial charge on any atom is 0.0620 e. The van der Waals surface area contributed by atoms with Crippen molar-refractivity contribution in [3.8, 4) is 16.8 Å². The lowest BCUT2D eigenvalue weighted by molar-refractivity contribution is 1.18. The summed E-state index contributed by atoms with van der Waals surface area (Å²) in [5, 5.41) is 10.1. The van der Waals surface area contributed by atoms with Gasteiger partial charge in [0.2, 0.25) is 0 Å². The molecular formula is C50H32N2S. The normalized spacial score (nSPS) is 11.8. The lowest BCUT2D eigenvalue weighted by atomic mass is 10.0. The first kappa shape index (κ1) is 30.0. The fraction of sp³-hybridized carbons (Fsp3) is 0. The van der Waals surface area contributed by atoms with E-state index in [1.807, 2.05) is 11.3 Å². The van der Waals surface area contributed by atoms with Crippen molar-refractivity contribution in [1.29, 1.82) is 0 Å². The van der Waals surface area contributed by atoms with E-state index in [1.54, 1.807) is 0 Å². The van der Waals surface area contributed by atoms with Crippen LogP contribution in [0.5, 0.6) is 0 Å². The number of benzene rings is 9. The SMILES string of the molecule is c1ccc(-c2cccc(N(c3cccc4sc5c6ccccc6ccc5c34)c3cccc4c3c3ccc5ccccc5c3n4-c3ccccc3)c2)cc1. The van der Waals surface area contributed by atoms with Crippen LogP contribution >= 0.6 is 11.3 Å². The van der Waals surface area contributed by atoms with Gasteiger partial charge in [-0.05, 0) is 75.8 Å². The molecule has 0 fully saturated rings. The number of fused-ring (bicyclic) bond motifs is 10. The molecule has 11 aromatic rings. The molecule has 0 aliphatic carbocycles. The van der Waals surface area contributed by atoms with Gasteiger partial charge in [0, 0.05) is 47.7 Å². The third kappa shape index (κ3) is 4.64. The zero-order valence-corrected chi connectivity index (χ0v) is 29.6. The molecule has 0 spiro atoms. The Balaban J connectivity index is 1.28. The maximum atomic E-state index is 2.52. The summed E-state index contributed by atoms with van der Waals surface area (Å²) in [7, 11) is 0. The summed E-state index contributed by atoms with van der Waals surface area (Å²) >= 11 is 1.89. The summed E-state index contributed by atoms with van der Waals surface area (Å²) in [6.45, 7) is 0. The van der Waals surface area contributed by atoms with Gasteiger partial charge >= 0.3 is 0 Å². The molecule has 0 aliphatic rings. The van der Waals surface area contributed by atoms with Crippen molar-refractivity contribution in [2.75, 3.05) is 4.90 Å². The second kappa shape index (κ2) is 11.9. The van der Waals surface area contributed by atoms with E-state index < -0.39 is 0 Å². The summed E-state index contributed by atoms with van der Waals surface area (Å²) in [6.07, 6.45) is 0. The Bertz CT molecular complexity index is 3170. The zero-order chi connectivity index (χ0) is 34.9. The van der Waals surface area contributed by atoms with Crippen LogP contribution < -0.4 is 4.90 Å². The molecule has 11 rings (SSSR count). The molecule has 0 saturated carbocycles. The highest BCUT2D eigenvalue weighted by Crippen LogP contribution is 2.50. The molecule has 0 radical (unpaired) electrons. The second-order valence-corrected chi connectivity index (χ2v) is 14.7. The number of hydrogen-bond acceptors (Lipinski definition) is 2. The number of hydrogen-bond donors (Lipinski definition) is 0. The number of para-hydroxylation sites is 1. The van der Waals surface area contributed by atoms with Crippen molar-refractivity contribution in [3.05, 3.63) is 194 Å². The molecule has 0 unspecified atom stereocenters. The van der Waals surface area contributed by atoms with Crippen LogP contribution in [0.3, 0.4) is 0 Å². The standard InChI is InChI=1S/C50H32N2S/c1-3-14-33(15-4-1)36-18-11-21-38(32-36)51(45-26-13-27-46-48(45)42-31-29-35-17-8-10-23-40(35)50(42)53-46)43-24-12-25-44-47(43)41-30-28-34-16-7-9-22-39(34)49(41)52(44)37-19-5-2-6-20-37/h1-32H. The summed E-state index contributed by atoms with van der Waals surface area (Å²) in [6, 6.07) is 70.9. The minimum atomic E-state index is 1.12. The maximum absolute atomic E-state index is 2.52. The molecule has 9 aromatic carbocycles. The van der Waals surface area contributed by atoms with Crippen molar-refractivity contribution in [2.24, 2.45) is 0 Å². The van der Waals surface area contributed by atoms with Gasteiger partial charge in [-0.1, -0.05) is 146 Å². The summed E-state index contributed by atoms with van der Waals surface area (Å²) < 4.78 is 5.07. The van der Waals surface area contributed by atoms with Crippen molar-refractivity contribution >= 4 is 91.9 Å². The van der Waals surface area contributed by atoms with Crippen LogP contribution in [0.2, 0.25) is 0 Å². The third-order valence-corrected chi connectivity index (χ3v) is 11.9. The van der Waals surface area contributed by atoms with Gasteiger partial charge < -0.3 is 9.47 Å². The molecule has 0 N–H and O–H groups in total. The Morgan fingerprint density at radius 3 is 1.85 bits per heavy atom. The topological polar surface area (TPSA) is 8.17 Å². The first-order valence-electron chi connectivity index (χ1n) is 18.1. The van der Waals surface area contributed by atoms with Crippen LogP contribution in [0.1, 0.15) is 0 Å². The van der Waals surface area contributed by atoms with Crippen molar-refractivity contribution < 1.29 is 0 Å². The predicted molar refractivity (Wildman–Crippen MR) is 229 cm³/mol. The Morgan fingerprint density at radius 1 is 0.415 bits per heavy atom. The van der Waals surface area contributed by atoms with Crippen LogP contribution in [0.15, 0.2) is 194 Å². The van der Waals surface area contributed by atoms with E-state index >= 15 is 0 Å². The van der Waals surface area contributed by atoms with Gasteiger partial charge in [0.15, 0.2) is 0 Å². The number of anilines is 3. The van der Waals surface area contributed by atoms with Crippen LogP contribution in [-0.4, -0.2) is 4.57 Å². The van der Waals surface area contributed by atoms with E-state index in [0.717, 1.165) is 17.1 Å². The fourth-order valence-corrected chi connectivity index (χ4v) is 9.68. The van der Waals surface area contributed by atoms with Crippen LogP contribution in [0, 0.1) is 0 Å². The van der Waals surface area contributed by atoms with E-state index in [1.165, 1.54) is 80.3 Å². The van der Waals surface area contributed by atoms with Gasteiger partial charge in [0.05, 0.1) is 22.4 Å². The molecular weight excluding hydrogens is 661 g/mol. The molecule has 2 aromatic heterocycles. The van der Waals surface area contributed by atoms with E-state index in [0.29, 0.717) is 0 Å². The Morgan fingerprint density at radius 2 is 1.04 bits per heavy atom. The molecule has 0 amide bonds. The lowest BCUT2D eigenvalue weighted by Crippen LogP contribution is -2.11. The van der Waals surface area contributed by atoms with Gasteiger partial charge in [-0.25, -0.2) is 0 Å². The smallest absolute Gasteiger partial charge is 0.0620 e. The molecule has 0 saturated heterocycles. The van der Waals surface area contributed by atoms with E-state index in [2.05, 4.69) is 204 Å². The number of thiophene rings is 1. The minimum Gasteiger partial charge on any atom is -0.309 e. The summed E-state index contributed by atoms with van der Waals surface area (Å²) in [4.78, 5) is 2.52. The lowest BCUT2D eigenvalue weighted by Gasteiger charge is -2.28. The molecule has 0 atom stereocenters. The van der Waals surface area contributed by atoms with Gasteiger partial charge in [-0.3, -0.25) is 0 Å². The fourth-order valence-electron chi connectivity index (χ4n) is 8.42. The van der Waals surface area contributed by atoms with Crippen LogP contribution in [0.25, 0.3) is 80.3 Å². The quantitative estimate of drug-likeness (QED) is 0.174.